The quantitative estimate of drug-likeness (QED) is 0.747. The Labute approximate surface area is 125 Å². The number of benzene rings is 2. The molecule has 0 bridgehead atoms. The first-order chi connectivity index (χ1) is 9.66. The second-order valence-electron chi connectivity index (χ2n) is 4.88. The molecule has 0 fully saturated rings. The lowest BCUT2D eigenvalue weighted by Gasteiger charge is -2.16. The lowest BCUT2D eigenvalue weighted by molar-refractivity contribution is 0.0968. The summed E-state index contributed by atoms with van der Waals surface area (Å²) in [6.07, 6.45) is 0.479. The number of carbonyl (C=O) groups is 1. The van der Waals surface area contributed by atoms with Crippen LogP contribution in [0.2, 0.25) is 5.02 Å². The Bertz CT molecular complexity index is 568. The van der Waals surface area contributed by atoms with Crippen LogP contribution in [0.3, 0.4) is 0 Å². The topological polar surface area (TPSA) is 20.3 Å². The van der Waals surface area contributed by atoms with Crippen LogP contribution in [0.1, 0.15) is 22.3 Å². The van der Waals surface area contributed by atoms with E-state index in [9.17, 15) is 4.79 Å². The molecule has 20 heavy (non-hydrogen) atoms. The minimum Gasteiger partial charge on any atom is -0.302 e. The largest absolute Gasteiger partial charge is 0.302 e. The van der Waals surface area contributed by atoms with Crippen molar-refractivity contribution < 1.29 is 4.79 Å². The predicted molar refractivity (Wildman–Crippen MR) is 83.2 cm³/mol. The van der Waals surface area contributed by atoms with Crippen LogP contribution < -0.4 is 0 Å². The zero-order valence-electron chi connectivity index (χ0n) is 11.6. The SMILES string of the molecule is CN(CCC(=O)c1ccccc1Cl)Cc1ccccc1. The average molecular weight is 288 g/mol. The molecule has 2 aromatic carbocycles. The third-order valence-electron chi connectivity index (χ3n) is 3.19. The van der Waals surface area contributed by atoms with Crippen LogP contribution >= 0.6 is 11.6 Å². The van der Waals surface area contributed by atoms with E-state index in [1.807, 2.05) is 37.4 Å². The smallest absolute Gasteiger partial charge is 0.165 e. The van der Waals surface area contributed by atoms with Crippen molar-refractivity contribution in [3.63, 3.8) is 0 Å². The maximum absolute atomic E-state index is 12.1. The molecule has 2 aromatic rings. The highest BCUT2D eigenvalue weighted by Crippen LogP contribution is 2.17. The Kier molecular flexibility index (Phi) is 5.33. The van der Waals surface area contributed by atoms with E-state index < -0.39 is 0 Å². The Morgan fingerprint density at radius 1 is 1.05 bits per heavy atom. The highest BCUT2D eigenvalue weighted by Gasteiger charge is 2.10. The molecule has 0 saturated heterocycles. The van der Waals surface area contributed by atoms with E-state index in [-0.39, 0.29) is 5.78 Å². The lowest BCUT2D eigenvalue weighted by atomic mass is 10.1. The van der Waals surface area contributed by atoms with Crippen LogP contribution in [-0.4, -0.2) is 24.3 Å². The van der Waals surface area contributed by atoms with E-state index in [1.165, 1.54) is 5.56 Å². The molecule has 0 aliphatic rings. The summed E-state index contributed by atoms with van der Waals surface area (Å²) >= 11 is 6.03. The molecule has 0 atom stereocenters. The van der Waals surface area contributed by atoms with Gasteiger partial charge in [0.25, 0.3) is 0 Å². The molecule has 3 heteroatoms. The zero-order chi connectivity index (χ0) is 14.4. The van der Waals surface area contributed by atoms with Gasteiger partial charge in [-0.05, 0) is 24.7 Å². The Balaban J connectivity index is 1.86. The molecule has 0 radical (unpaired) electrons. The van der Waals surface area contributed by atoms with Gasteiger partial charge in [-0.15, -0.1) is 0 Å². The highest BCUT2D eigenvalue weighted by molar-refractivity contribution is 6.33. The third kappa shape index (κ3) is 4.19. The summed E-state index contributed by atoms with van der Waals surface area (Å²) in [4.78, 5) is 14.3. The molecule has 104 valence electrons. The van der Waals surface area contributed by atoms with Crippen LogP contribution in [0.25, 0.3) is 0 Å². The first-order valence-electron chi connectivity index (χ1n) is 6.67. The number of hydrogen-bond acceptors (Lipinski definition) is 2. The number of ketones is 1. The molecule has 0 unspecified atom stereocenters. The van der Waals surface area contributed by atoms with Gasteiger partial charge >= 0.3 is 0 Å². The fraction of sp³-hybridized carbons (Fsp3) is 0.235. The van der Waals surface area contributed by atoms with E-state index in [0.29, 0.717) is 17.0 Å². The van der Waals surface area contributed by atoms with Crippen molar-refractivity contribution >= 4 is 17.4 Å². The maximum Gasteiger partial charge on any atom is 0.165 e. The van der Waals surface area contributed by atoms with Gasteiger partial charge in [0.2, 0.25) is 0 Å². The first kappa shape index (κ1) is 14.8. The lowest BCUT2D eigenvalue weighted by Crippen LogP contribution is -2.21. The van der Waals surface area contributed by atoms with Gasteiger partial charge in [-0.25, -0.2) is 0 Å². The van der Waals surface area contributed by atoms with Gasteiger partial charge in [0.05, 0.1) is 5.02 Å². The fourth-order valence-corrected chi connectivity index (χ4v) is 2.33. The van der Waals surface area contributed by atoms with Crippen molar-refractivity contribution in [2.45, 2.75) is 13.0 Å². The van der Waals surface area contributed by atoms with Crippen molar-refractivity contribution in [2.24, 2.45) is 0 Å². The number of Topliss-reactive ketones (excluding diaryl/α,β-unsaturated/α-hetero) is 1. The summed E-state index contributed by atoms with van der Waals surface area (Å²) in [5.74, 6) is 0.0931. The molecule has 2 nitrogen and oxygen atoms in total. The number of rotatable bonds is 6. The molecule has 0 aromatic heterocycles. The Morgan fingerprint density at radius 2 is 1.70 bits per heavy atom. The van der Waals surface area contributed by atoms with Crippen LogP contribution in [-0.2, 0) is 6.54 Å². The second-order valence-corrected chi connectivity index (χ2v) is 5.28. The van der Waals surface area contributed by atoms with Crippen molar-refractivity contribution in [3.8, 4) is 0 Å². The highest BCUT2D eigenvalue weighted by atomic mass is 35.5. The van der Waals surface area contributed by atoms with Crippen LogP contribution in [0.4, 0.5) is 0 Å². The van der Waals surface area contributed by atoms with Gasteiger partial charge in [0.1, 0.15) is 0 Å². The molecule has 0 amide bonds. The standard InChI is InChI=1S/C17H18ClNO/c1-19(13-14-7-3-2-4-8-14)12-11-17(20)15-9-5-6-10-16(15)18/h2-10H,11-13H2,1H3. The summed E-state index contributed by atoms with van der Waals surface area (Å²) in [5, 5.41) is 0.531. The summed E-state index contributed by atoms with van der Waals surface area (Å²) in [5.41, 5.74) is 1.86. The number of nitrogens with zero attached hydrogens (tertiary/aromatic N) is 1. The second kappa shape index (κ2) is 7.22. The molecular formula is C17H18ClNO. The summed E-state index contributed by atoms with van der Waals surface area (Å²) in [6, 6.07) is 17.4. The number of carbonyl (C=O) groups excluding carboxylic acids is 1. The normalized spacial score (nSPS) is 10.8. The molecule has 0 N–H and O–H groups in total. The Hall–Kier alpha value is -1.64. The van der Waals surface area contributed by atoms with Crippen LogP contribution in [0.5, 0.6) is 0 Å². The fourth-order valence-electron chi connectivity index (χ4n) is 2.09. The van der Waals surface area contributed by atoms with Crippen molar-refractivity contribution in [1.29, 1.82) is 0 Å². The average Bonchev–Trinajstić information content (AvgIpc) is 2.46. The minimum absolute atomic E-state index is 0.0931. The van der Waals surface area contributed by atoms with Gasteiger partial charge in [0, 0.05) is 25.1 Å². The molecule has 2 rings (SSSR count). The van der Waals surface area contributed by atoms with Crippen molar-refractivity contribution in [1.82, 2.24) is 4.90 Å². The minimum atomic E-state index is 0.0931. The molecule has 0 aliphatic heterocycles. The van der Waals surface area contributed by atoms with E-state index in [4.69, 9.17) is 11.6 Å². The Morgan fingerprint density at radius 3 is 2.40 bits per heavy atom. The van der Waals surface area contributed by atoms with Crippen LogP contribution in [0.15, 0.2) is 54.6 Å². The number of halogens is 1. The summed E-state index contributed by atoms with van der Waals surface area (Å²) in [6.45, 7) is 1.57. The monoisotopic (exact) mass is 287 g/mol. The molecule has 0 spiro atoms. The van der Waals surface area contributed by atoms with Gasteiger partial charge in [0.15, 0.2) is 5.78 Å². The first-order valence-corrected chi connectivity index (χ1v) is 7.05. The molecule has 0 aliphatic carbocycles. The van der Waals surface area contributed by atoms with E-state index >= 15 is 0 Å². The van der Waals surface area contributed by atoms with E-state index in [0.717, 1.165) is 13.1 Å². The van der Waals surface area contributed by atoms with Gasteiger partial charge < -0.3 is 4.90 Å². The molecular weight excluding hydrogens is 270 g/mol. The van der Waals surface area contributed by atoms with E-state index in [1.54, 1.807) is 12.1 Å². The van der Waals surface area contributed by atoms with Gasteiger partial charge in [-0.2, -0.15) is 0 Å². The predicted octanol–water partition coefficient (Wildman–Crippen LogP) is 4.04. The van der Waals surface area contributed by atoms with Gasteiger partial charge in [-0.1, -0.05) is 54.1 Å². The van der Waals surface area contributed by atoms with E-state index in [2.05, 4.69) is 17.0 Å². The number of hydrogen-bond donors (Lipinski definition) is 0. The summed E-state index contributed by atoms with van der Waals surface area (Å²) in [7, 11) is 2.02. The zero-order valence-corrected chi connectivity index (χ0v) is 12.3. The van der Waals surface area contributed by atoms with Crippen LogP contribution in [0, 0.1) is 0 Å². The van der Waals surface area contributed by atoms with Gasteiger partial charge in [-0.3, -0.25) is 4.79 Å². The third-order valence-corrected chi connectivity index (χ3v) is 3.52. The van der Waals surface area contributed by atoms with Crippen molar-refractivity contribution in [2.75, 3.05) is 13.6 Å². The molecule has 0 saturated carbocycles. The summed E-state index contributed by atoms with van der Waals surface area (Å²) < 4.78 is 0. The molecule has 0 heterocycles. The van der Waals surface area contributed by atoms with Crippen molar-refractivity contribution in [3.05, 3.63) is 70.7 Å². The maximum atomic E-state index is 12.1.